The van der Waals surface area contributed by atoms with Crippen LogP contribution in [0.1, 0.15) is 19.1 Å². The molecule has 0 saturated carbocycles. The Morgan fingerprint density at radius 1 is 1.80 bits per heavy atom. The summed E-state index contributed by atoms with van der Waals surface area (Å²) in [5.74, 6) is 0.846. The van der Waals surface area contributed by atoms with E-state index in [1.54, 1.807) is 12.3 Å². The number of aromatic nitrogens is 1. The third kappa shape index (κ3) is 2.36. The molecule has 1 saturated heterocycles. The predicted octanol–water partition coefficient (Wildman–Crippen LogP) is 0.289. The second-order valence-electron chi connectivity index (χ2n) is 3.83. The Morgan fingerprint density at radius 3 is 3.27 bits per heavy atom. The smallest absolute Gasteiger partial charge is 0.225 e. The maximum absolute atomic E-state index is 11.7. The first-order valence-corrected chi connectivity index (χ1v) is 5.18. The molecular weight excluding hydrogens is 194 g/mol. The van der Waals surface area contributed by atoms with E-state index in [1.165, 1.54) is 0 Å². The standard InChI is InChI=1S/C10H15N3O2/c1-7-9(3-4-11-7)10(14)12-6-8-2-5-13-15-8/h2,5,7,9,11H,3-4,6H2,1H3,(H,12,14). The number of amides is 1. The average Bonchev–Trinajstić information content (AvgIpc) is 2.84. The van der Waals surface area contributed by atoms with Gasteiger partial charge in [-0.1, -0.05) is 5.16 Å². The predicted molar refractivity (Wildman–Crippen MR) is 53.9 cm³/mol. The Hall–Kier alpha value is -1.36. The molecule has 1 aliphatic rings. The fourth-order valence-corrected chi connectivity index (χ4v) is 1.86. The monoisotopic (exact) mass is 209 g/mol. The highest BCUT2D eigenvalue weighted by Gasteiger charge is 2.29. The minimum absolute atomic E-state index is 0.0768. The van der Waals surface area contributed by atoms with Crippen molar-refractivity contribution in [1.29, 1.82) is 0 Å². The number of rotatable bonds is 3. The van der Waals surface area contributed by atoms with Gasteiger partial charge in [-0.3, -0.25) is 4.79 Å². The molecule has 2 rings (SSSR count). The Balaban J connectivity index is 1.82. The molecule has 1 amide bonds. The molecule has 1 aliphatic heterocycles. The summed E-state index contributed by atoms with van der Waals surface area (Å²) in [6, 6.07) is 2.01. The number of carbonyl (C=O) groups is 1. The van der Waals surface area contributed by atoms with E-state index >= 15 is 0 Å². The van der Waals surface area contributed by atoms with Gasteiger partial charge in [-0.25, -0.2) is 0 Å². The summed E-state index contributed by atoms with van der Waals surface area (Å²) < 4.78 is 4.89. The van der Waals surface area contributed by atoms with Crippen molar-refractivity contribution in [2.75, 3.05) is 6.54 Å². The van der Waals surface area contributed by atoms with E-state index in [9.17, 15) is 4.79 Å². The zero-order valence-electron chi connectivity index (χ0n) is 8.69. The third-order valence-corrected chi connectivity index (χ3v) is 2.79. The van der Waals surface area contributed by atoms with Gasteiger partial charge < -0.3 is 15.2 Å². The molecule has 1 fully saturated rings. The van der Waals surface area contributed by atoms with Crippen molar-refractivity contribution in [3.8, 4) is 0 Å². The van der Waals surface area contributed by atoms with Crippen LogP contribution < -0.4 is 10.6 Å². The van der Waals surface area contributed by atoms with Crippen molar-refractivity contribution in [1.82, 2.24) is 15.8 Å². The van der Waals surface area contributed by atoms with Crippen molar-refractivity contribution in [3.05, 3.63) is 18.0 Å². The molecule has 5 nitrogen and oxygen atoms in total. The van der Waals surface area contributed by atoms with Gasteiger partial charge in [0.25, 0.3) is 0 Å². The normalized spacial score (nSPS) is 25.4. The van der Waals surface area contributed by atoms with Gasteiger partial charge in [0.05, 0.1) is 18.7 Å². The lowest BCUT2D eigenvalue weighted by atomic mass is 10.0. The molecule has 2 atom stereocenters. The molecule has 15 heavy (non-hydrogen) atoms. The molecule has 2 heterocycles. The molecule has 1 aromatic heterocycles. The Labute approximate surface area is 88.2 Å². The lowest BCUT2D eigenvalue weighted by Crippen LogP contribution is -2.36. The molecule has 0 radical (unpaired) electrons. The minimum Gasteiger partial charge on any atom is -0.360 e. The van der Waals surface area contributed by atoms with Crippen LogP contribution in [0.15, 0.2) is 16.8 Å². The quantitative estimate of drug-likeness (QED) is 0.750. The maximum Gasteiger partial charge on any atom is 0.225 e. The maximum atomic E-state index is 11.7. The summed E-state index contributed by atoms with van der Waals surface area (Å²) in [5.41, 5.74) is 0. The van der Waals surface area contributed by atoms with E-state index in [0.29, 0.717) is 12.3 Å². The van der Waals surface area contributed by atoms with E-state index in [-0.39, 0.29) is 17.9 Å². The van der Waals surface area contributed by atoms with Gasteiger partial charge in [-0.05, 0) is 19.9 Å². The Kier molecular flexibility index (Phi) is 3.01. The summed E-state index contributed by atoms with van der Waals surface area (Å²) >= 11 is 0. The first kappa shape index (κ1) is 10.2. The highest BCUT2D eigenvalue weighted by Crippen LogP contribution is 2.15. The highest BCUT2D eigenvalue weighted by molar-refractivity contribution is 5.79. The van der Waals surface area contributed by atoms with Crippen molar-refractivity contribution in [3.63, 3.8) is 0 Å². The highest BCUT2D eigenvalue weighted by atomic mass is 16.5. The van der Waals surface area contributed by atoms with Gasteiger partial charge in [0, 0.05) is 12.1 Å². The van der Waals surface area contributed by atoms with Crippen molar-refractivity contribution >= 4 is 5.91 Å². The van der Waals surface area contributed by atoms with Crippen molar-refractivity contribution in [2.24, 2.45) is 5.92 Å². The summed E-state index contributed by atoms with van der Waals surface area (Å²) in [7, 11) is 0. The molecule has 0 spiro atoms. The van der Waals surface area contributed by atoms with Gasteiger partial charge in [-0.15, -0.1) is 0 Å². The van der Waals surface area contributed by atoms with E-state index in [2.05, 4.69) is 15.8 Å². The van der Waals surface area contributed by atoms with Gasteiger partial charge in [0.2, 0.25) is 5.91 Å². The number of hydrogen-bond donors (Lipinski definition) is 2. The summed E-state index contributed by atoms with van der Waals surface area (Å²) in [5, 5.41) is 9.67. The topological polar surface area (TPSA) is 67.2 Å². The van der Waals surface area contributed by atoms with Gasteiger partial charge >= 0.3 is 0 Å². The van der Waals surface area contributed by atoms with Gasteiger partial charge in [-0.2, -0.15) is 0 Å². The van der Waals surface area contributed by atoms with E-state index in [0.717, 1.165) is 13.0 Å². The first-order valence-electron chi connectivity index (χ1n) is 5.18. The van der Waals surface area contributed by atoms with Gasteiger partial charge in [0.15, 0.2) is 5.76 Å². The molecule has 82 valence electrons. The molecule has 0 aliphatic carbocycles. The van der Waals surface area contributed by atoms with Crippen LogP contribution in [-0.2, 0) is 11.3 Å². The Bertz CT molecular complexity index is 323. The van der Waals surface area contributed by atoms with Crippen LogP contribution in [0.2, 0.25) is 0 Å². The number of carbonyl (C=O) groups excluding carboxylic acids is 1. The van der Waals surface area contributed by atoms with E-state index < -0.39 is 0 Å². The number of nitrogens with one attached hydrogen (secondary N) is 2. The number of nitrogens with zero attached hydrogens (tertiary/aromatic N) is 1. The Morgan fingerprint density at radius 2 is 2.67 bits per heavy atom. The zero-order valence-corrected chi connectivity index (χ0v) is 8.69. The summed E-state index contributed by atoms with van der Waals surface area (Å²) in [6.07, 6.45) is 2.48. The van der Waals surface area contributed by atoms with Crippen molar-refractivity contribution < 1.29 is 9.32 Å². The van der Waals surface area contributed by atoms with Gasteiger partial charge in [0.1, 0.15) is 0 Å². The molecule has 1 aromatic rings. The number of hydrogen-bond acceptors (Lipinski definition) is 4. The SMILES string of the molecule is CC1NCCC1C(=O)NCc1ccno1. The average molecular weight is 209 g/mol. The fraction of sp³-hybridized carbons (Fsp3) is 0.600. The van der Waals surface area contributed by atoms with Crippen LogP contribution in [0, 0.1) is 5.92 Å². The van der Waals surface area contributed by atoms with E-state index in [1.807, 2.05) is 6.92 Å². The van der Waals surface area contributed by atoms with E-state index in [4.69, 9.17) is 4.52 Å². The summed E-state index contributed by atoms with van der Waals surface area (Å²) in [4.78, 5) is 11.7. The fourth-order valence-electron chi connectivity index (χ4n) is 1.86. The third-order valence-electron chi connectivity index (χ3n) is 2.79. The van der Waals surface area contributed by atoms with Crippen LogP contribution in [0.25, 0.3) is 0 Å². The second kappa shape index (κ2) is 4.44. The molecule has 0 aromatic carbocycles. The molecule has 2 N–H and O–H groups in total. The molecule has 0 bridgehead atoms. The van der Waals surface area contributed by atoms with Crippen LogP contribution in [0.5, 0.6) is 0 Å². The summed E-state index contributed by atoms with van der Waals surface area (Å²) in [6.45, 7) is 3.37. The van der Waals surface area contributed by atoms with Crippen LogP contribution in [0.4, 0.5) is 0 Å². The minimum atomic E-state index is 0.0768. The molecule has 2 unspecified atom stereocenters. The lowest BCUT2D eigenvalue weighted by molar-refractivity contribution is -0.125. The zero-order chi connectivity index (χ0) is 10.7. The van der Waals surface area contributed by atoms with Crippen LogP contribution in [-0.4, -0.2) is 23.7 Å². The second-order valence-corrected chi connectivity index (χ2v) is 3.83. The van der Waals surface area contributed by atoms with Crippen LogP contribution >= 0.6 is 0 Å². The lowest BCUT2D eigenvalue weighted by Gasteiger charge is -2.13. The molecular formula is C10H15N3O2. The molecule has 5 heteroatoms. The van der Waals surface area contributed by atoms with Crippen molar-refractivity contribution in [2.45, 2.75) is 25.9 Å². The largest absolute Gasteiger partial charge is 0.360 e. The van der Waals surface area contributed by atoms with Crippen LogP contribution in [0.3, 0.4) is 0 Å². The first-order chi connectivity index (χ1) is 7.27.